The van der Waals surface area contributed by atoms with E-state index in [0.29, 0.717) is 25.9 Å². The Morgan fingerprint density at radius 2 is 1.53 bits per heavy atom. The van der Waals surface area contributed by atoms with Crippen molar-refractivity contribution in [3.8, 4) is 11.1 Å². The monoisotopic (exact) mass is 482 g/mol. The highest BCUT2D eigenvalue weighted by molar-refractivity contribution is 7.89. The summed E-state index contributed by atoms with van der Waals surface area (Å²) in [7, 11) is -3.15. The summed E-state index contributed by atoms with van der Waals surface area (Å²) in [5, 5.41) is 0. The fraction of sp³-hybridized carbons (Fsp3) is 0.536. The van der Waals surface area contributed by atoms with E-state index < -0.39 is 10.0 Å². The molecule has 0 aromatic heterocycles. The molecule has 5 nitrogen and oxygen atoms in total. The van der Waals surface area contributed by atoms with Gasteiger partial charge in [-0.15, -0.1) is 0 Å². The highest BCUT2D eigenvalue weighted by atomic mass is 32.2. The van der Waals surface area contributed by atoms with E-state index in [4.69, 9.17) is 0 Å². The van der Waals surface area contributed by atoms with Gasteiger partial charge in [-0.1, -0.05) is 80.8 Å². The Hall–Kier alpha value is -2.02. The lowest BCUT2D eigenvalue weighted by molar-refractivity contribution is 0.0165. The number of nitrogens with zero attached hydrogens (tertiary/aromatic N) is 2. The van der Waals surface area contributed by atoms with E-state index in [9.17, 15) is 13.2 Å². The van der Waals surface area contributed by atoms with Gasteiger partial charge >= 0.3 is 0 Å². The van der Waals surface area contributed by atoms with Crippen molar-refractivity contribution in [2.24, 2.45) is 0 Å². The van der Waals surface area contributed by atoms with Crippen LogP contribution in [0.3, 0.4) is 0 Å². The minimum Gasteiger partial charge on any atom is -0.295 e. The highest BCUT2D eigenvalue weighted by Gasteiger charge is 2.40. The number of rotatable bonds is 9. The van der Waals surface area contributed by atoms with Gasteiger partial charge in [0, 0.05) is 43.7 Å². The van der Waals surface area contributed by atoms with Crippen LogP contribution in [-0.2, 0) is 10.0 Å². The lowest BCUT2D eigenvalue weighted by Crippen LogP contribution is -2.58. The number of carbonyl (C=O) groups is 1. The molecule has 6 heteroatoms. The minimum absolute atomic E-state index is 0.0101. The van der Waals surface area contributed by atoms with Crippen molar-refractivity contribution in [1.29, 1.82) is 0 Å². The summed E-state index contributed by atoms with van der Waals surface area (Å²) in [6, 6.07) is 18.1. The minimum atomic E-state index is -3.15. The van der Waals surface area contributed by atoms with Crippen LogP contribution in [0.4, 0.5) is 0 Å². The second-order valence-corrected chi connectivity index (χ2v) is 11.9. The van der Waals surface area contributed by atoms with Gasteiger partial charge in [-0.2, -0.15) is 4.31 Å². The molecule has 0 atom stereocenters. The Morgan fingerprint density at radius 1 is 0.882 bits per heavy atom. The number of sulfonamides is 1. The maximum atomic E-state index is 13.5. The Labute approximate surface area is 205 Å². The quantitative estimate of drug-likeness (QED) is 0.451. The van der Waals surface area contributed by atoms with Gasteiger partial charge in [0.2, 0.25) is 10.0 Å². The van der Waals surface area contributed by atoms with Crippen molar-refractivity contribution in [2.75, 3.05) is 31.9 Å². The number of Topliss-reactive ketones (excluding diaryl/α,β-unsaturated/α-hetero) is 1. The first-order valence-corrected chi connectivity index (χ1v) is 14.5. The summed E-state index contributed by atoms with van der Waals surface area (Å²) in [5.41, 5.74) is 2.88. The number of carbonyl (C=O) groups excluding carboxylic acids is 1. The van der Waals surface area contributed by atoms with Crippen molar-refractivity contribution in [3.05, 3.63) is 60.2 Å². The second kappa shape index (κ2) is 11.1. The highest BCUT2D eigenvalue weighted by Crippen LogP contribution is 2.39. The van der Waals surface area contributed by atoms with Crippen LogP contribution >= 0.6 is 0 Å². The predicted octanol–water partition coefficient (Wildman–Crippen LogP) is 5.38. The third kappa shape index (κ3) is 5.61. The molecule has 2 aromatic carbocycles. The van der Waals surface area contributed by atoms with Crippen LogP contribution in [0.5, 0.6) is 0 Å². The summed E-state index contributed by atoms with van der Waals surface area (Å²) in [4.78, 5) is 16.0. The molecule has 2 aliphatic rings. The molecule has 1 aliphatic carbocycles. The van der Waals surface area contributed by atoms with E-state index in [1.165, 1.54) is 19.3 Å². The summed E-state index contributed by atoms with van der Waals surface area (Å²) in [5.74, 6) is 0.432. The van der Waals surface area contributed by atoms with Crippen LogP contribution in [0.25, 0.3) is 11.1 Å². The smallest absolute Gasteiger partial charge is 0.214 e. The standard InChI is InChI=1S/C28H38N2O3S/c1-2-23-34(32,33)30-21-19-29(20-22-30)28(16-9-4-10-17-28)18-15-27(31)26-14-8-7-13-25(26)24-11-5-3-6-12-24/h3,5-8,11-14H,2,4,9-10,15-23H2,1H3. The van der Waals surface area contributed by atoms with Gasteiger partial charge in [0.15, 0.2) is 5.78 Å². The maximum absolute atomic E-state index is 13.5. The summed E-state index contributed by atoms with van der Waals surface area (Å²) in [6.07, 6.45) is 7.84. The Kier molecular flexibility index (Phi) is 8.22. The van der Waals surface area contributed by atoms with Gasteiger partial charge in [0.25, 0.3) is 0 Å². The first-order chi connectivity index (χ1) is 16.5. The third-order valence-corrected chi connectivity index (χ3v) is 9.75. The molecule has 0 bridgehead atoms. The third-order valence-electron chi connectivity index (χ3n) is 7.68. The molecule has 2 fully saturated rings. The number of benzene rings is 2. The number of ketones is 1. The largest absolute Gasteiger partial charge is 0.295 e. The summed E-state index contributed by atoms with van der Waals surface area (Å²) in [6.45, 7) is 4.57. The van der Waals surface area contributed by atoms with Crippen molar-refractivity contribution >= 4 is 15.8 Å². The summed E-state index contributed by atoms with van der Waals surface area (Å²) >= 11 is 0. The van der Waals surface area contributed by atoms with E-state index >= 15 is 0 Å². The van der Waals surface area contributed by atoms with Crippen molar-refractivity contribution in [1.82, 2.24) is 9.21 Å². The molecule has 0 amide bonds. The van der Waals surface area contributed by atoms with Crippen molar-refractivity contribution in [2.45, 2.75) is 63.8 Å². The molecular weight excluding hydrogens is 444 g/mol. The van der Waals surface area contributed by atoms with Crippen molar-refractivity contribution < 1.29 is 13.2 Å². The Balaban J connectivity index is 1.47. The average Bonchev–Trinajstić information content (AvgIpc) is 2.88. The SMILES string of the molecule is CCCS(=O)(=O)N1CCN(C2(CCC(=O)c3ccccc3-c3ccccc3)CCCCC2)CC1. The molecule has 34 heavy (non-hydrogen) atoms. The van der Waals surface area contributed by atoms with Gasteiger partial charge in [-0.3, -0.25) is 9.69 Å². The second-order valence-electron chi connectivity index (χ2n) is 9.82. The molecule has 2 aromatic rings. The van der Waals surface area contributed by atoms with E-state index in [1.54, 1.807) is 4.31 Å². The maximum Gasteiger partial charge on any atom is 0.214 e. The molecule has 1 saturated carbocycles. The lowest BCUT2D eigenvalue weighted by Gasteiger charge is -2.50. The summed E-state index contributed by atoms with van der Waals surface area (Å²) < 4.78 is 26.7. The molecular formula is C28H38N2O3S. The first kappa shape index (κ1) is 25.1. The number of hydrogen-bond donors (Lipinski definition) is 0. The molecule has 4 rings (SSSR count). The zero-order chi connectivity index (χ0) is 24.0. The normalized spacial score (nSPS) is 19.7. The average molecular weight is 483 g/mol. The zero-order valence-electron chi connectivity index (χ0n) is 20.4. The van der Waals surface area contributed by atoms with Gasteiger partial charge in [0.05, 0.1) is 5.75 Å². The Bertz CT molecular complexity index is 1050. The molecule has 0 unspecified atom stereocenters. The molecule has 0 N–H and O–H groups in total. The van der Waals surface area contributed by atoms with Crippen LogP contribution in [0.1, 0.15) is 68.6 Å². The van der Waals surface area contributed by atoms with E-state index in [-0.39, 0.29) is 17.1 Å². The first-order valence-electron chi connectivity index (χ1n) is 12.9. The number of piperazine rings is 1. The van der Waals surface area contributed by atoms with Crippen LogP contribution in [0.2, 0.25) is 0 Å². The fourth-order valence-electron chi connectivity index (χ4n) is 5.84. The predicted molar refractivity (Wildman–Crippen MR) is 138 cm³/mol. The zero-order valence-corrected chi connectivity index (χ0v) is 21.2. The van der Waals surface area contributed by atoms with Crippen LogP contribution in [0, 0.1) is 0 Å². The topological polar surface area (TPSA) is 57.7 Å². The van der Waals surface area contributed by atoms with E-state index in [1.807, 2.05) is 49.4 Å². The molecule has 1 saturated heterocycles. The van der Waals surface area contributed by atoms with Gasteiger partial charge in [0.1, 0.15) is 0 Å². The van der Waals surface area contributed by atoms with Crippen LogP contribution in [-0.4, -0.2) is 60.9 Å². The molecule has 0 spiro atoms. The molecule has 184 valence electrons. The fourth-order valence-corrected chi connectivity index (χ4v) is 7.33. The van der Waals surface area contributed by atoms with Gasteiger partial charge < -0.3 is 0 Å². The van der Waals surface area contributed by atoms with Gasteiger partial charge in [-0.25, -0.2) is 8.42 Å². The van der Waals surface area contributed by atoms with E-state index in [0.717, 1.165) is 49.0 Å². The Morgan fingerprint density at radius 3 is 2.21 bits per heavy atom. The van der Waals surface area contributed by atoms with Crippen LogP contribution < -0.4 is 0 Å². The van der Waals surface area contributed by atoms with Crippen LogP contribution in [0.15, 0.2) is 54.6 Å². The van der Waals surface area contributed by atoms with Gasteiger partial charge in [-0.05, 0) is 36.8 Å². The number of hydrogen-bond acceptors (Lipinski definition) is 4. The molecule has 0 radical (unpaired) electrons. The van der Waals surface area contributed by atoms with E-state index in [2.05, 4.69) is 17.0 Å². The molecule has 1 aliphatic heterocycles. The molecule has 1 heterocycles. The lowest BCUT2D eigenvalue weighted by atomic mass is 9.76. The van der Waals surface area contributed by atoms with Crippen molar-refractivity contribution in [3.63, 3.8) is 0 Å².